The van der Waals surface area contributed by atoms with Gasteiger partial charge in [0, 0.05) is 10.8 Å². The van der Waals surface area contributed by atoms with Crippen LogP contribution in [0, 0.1) is 12.8 Å². The molecule has 0 aliphatic carbocycles. The first kappa shape index (κ1) is 22.7. The Hall–Kier alpha value is -2.35. The molecule has 1 aromatic heterocycles. The van der Waals surface area contributed by atoms with Gasteiger partial charge < -0.3 is 0 Å². The molecule has 2 heterocycles. The minimum absolute atomic E-state index is 0.425. The van der Waals surface area contributed by atoms with Gasteiger partial charge in [0.05, 0.1) is 19.2 Å². The van der Waals surface area contributed by atoms with Crippen LogP contribution in [0.1, 0.15) is 54.0 Å². The van der Waals surface area contributed by atoms with Gasteiger partial charge in [0.25, 0.3) is 5.84 Å². The predicted octanol–water partition coefficient (Wildman–Crippen LogP) is 7.23. The molecule has 1 aliphatic rings. The zero-order valence-corrected chi connectivity index (χ0v) is 18.7. The zero-order chi connectivity index (χ0) is 20.6. The van der Waals surface area contributed by atoms with Gasteiger partial charge >= 0.3 is 0 Å². The van der Waals surface area contributed by atoms with Crippen LogP contribution in [0.2, 0.25) is 0 Å². The van der Waals surface area contributed by atoms with Crippen LogP contribution in [0.25, 0.3) is 21.8 Å². The lowest BCUT2D eigenvalue weighted by Gasteiger charge is -2.07. The van der Waals surface area contributed by atoms with Crippen molar-refractivity contribution in [3.05, 3.63) is 60.3 Å². The topological polar surface area (TPSA) is 7.94 Å². The van der Waals surface area contributed by atoms with Gasteiger partial charge in [0.1, 0.15) is 11.0 Å². The molecular weight excluding hydrogens is 328 g/mol. The standard InChI is InChI=1S/C19H19N2.3C2H6/c1-13-7-6-9-16-15-8-4-5-10-17(15)21(18(13)16)19-14(2)11-12-20(19)3;3*1-2/h4-12,14H,1-3H3;3*1-2H3/q+1;;;. The number of aromatic nitrogens is 1. The molecule has 2 nitrogen and oxygen atoms in total. The summed E-state index contributed by atoms with van der Waals surface area (Å²) in [5.74, 6) is 1.75. The van der Waals surface area contributed by atoms with Gasteiger partial charge in [-0.2, -0.15) is 4.57 Å². The van der Waals surface area contributed by atoms with E-state index in [4.69, 9.17) is 0 Å². The van der Waals surface area contributed by atoms with E-state index in [2.05, 4.69) is 84.8 Å². The van der Waals surface area contributed by atoms with Crippen LogP contribution in [0.4, 0.5) is 0 Å². The molecule has 0 bridgehead atoms. The third-order valence-corrected chi connectivity index (χ3v) is 4.49. The van der Waals surface area contributed by atoms with Crippen molar-refractivity contribution in [2.45, 2.75) is 55.4 Å². The van der Waals surface area contributed by atoms with Crippen LogP contribution in [0.3, 0.4) is 0 Å². The molecular formula is C25H37N2+. The molecule has 0 saturated carbocycles. The van der Waals surface area contributed by atoms with Crippen LogP contribution in [-0.2, 0) is 0 Å². The first-order valence-electron chi connectivity index (χ1n) is 10.5. The SMILES string of the molecule is CC.CC.CC.Cc1cccc2c3ccccc3n(C3=[N+](C)C=CC3C)c12. The quantitative estimate of drug-likeness (QED) is 0.371. The summed E-state index contributed by atoms with van der Waals surface area (Å²) < 4.78 is 4.67. The lowest BCUT2D eigenvalue weighted by Crippen LogP contribution is -2.23. The number of rotatable bonds is 0. The molecule has 146 valence electrons. The highest BCUT2D eigenvalue weighted by atomic mass is 15.2. The average molecular weight is 366 g/mol. The summed E-state index contributed by atoms with van der Waals surface area (Å²) in [5, 5.41) is 2.67. The van der Waals surface area contributed by atoms with Crippen molar-refractivity contribution < 1.29 is 4.58 Å². The van der Waals surface area contributed by atoms with Crippen molar-refractivity contribution in [2.24, 2.45) is 5.92 Å². The van der Waals surface area contributed by atoms with Crippen molar-refractivity contribution >= 4 is 27.6 Å². The minimum atomic E-state index is 0.425. The maximum Gasteiger partial charge on any atom is 0.268 e. The second-order valence-electron chi connectivity index (χ2n) is 5.92. The number of para-hydroxylation sites is 2. The number of nitrogens with zero attached hydrogens (tertiary/aromatic N) is 2. The van der Waals surface area contributed by atoms with Crippen LogP contribution in [0.15, 0.2) is 54.7 Å². The molecule has 0 radical (unpaired) electrons. The molecule has 1 atom stereocenters. The molecule has 0 amide bonds. The fourth-order valence-corrected chi connectivity index (χ4v) is 3.53. The smallest absolute Gasteiger partial charge is 0.240 e. The van der Waals surface area contributed by atoms with Gasteiger partial charge in [-0.1, -0.05) is 65.8 Å². The fourth-order valence-electron chi connectivity index (χ4n) is 3.53. The molecule has 3 aromatic rings. The lowest BCUT2D eigenvalue weighted by molar-refractivity contribution is -0.421. The van der Waals surface area contributed by atoms with E-state index in [1.807, 2.05) is 41.5 Å². The zero-order valence-electron chi connectivity index (χ0n) is 18.7. The van der Waals surface area contributed by atoms with Crippen LogP contribution < -0.4 is 0 Å². The summed E-state index contributed by atoms with van der Waals surface area (Å²) in [6.45, 7) is 16.5. The number of allylic oxidation sites excluding steroid dienone is 1. The Kier molecular flexibility index (Phi) is 9.00. The molecule has 2 aromatic carbocycles. The summed E-state index contributed by atoms with van der Waals surface area (Å²) in [5.41, 5.74) is 3.94. The van der Waals surface area contributed by atoms with E-state index >= 15 is 0 Å². The Morgan fingerprint density at radius 3 is 2.00 bits per heavy atom. The average Bonchev–Trinajstić information content (AvgIpc) is 3.24. The minimum Gasteiger partial charge on any atom is -0.240 e. The number of hydrogen-bond donors (Lipinski definition) is 0. The fraction of sp³-hybridized carbons (Fsp3) is 0.400. The number of aryl methyl sites for hydroxylation is 1. The molecule has 0 fully saturated rings. The highest BCUT2D eigenvalue weighted by Gasteiger charge is 2.29. The molecule has 1 aliphatic heterocycles. The first-order chi connectivity index (χ1) is 13.2. The molecule has 1 unspecified atom stereocenters. The van der Waals surface area contributed by atoms with E-state index in [0.29, 0.717) is 5.92 Å². The molecule has 0 saturated heterocycles. The molecule has 0 spiro atoms. The van der Waals surface area contributed by atoms with Gasteiger partial charge in [-0.15, -0.1) is 0 Å². The van der Waals surface area contributed by atoms with Gasteiger partial charge in [-0.25, -0.2) is 4.58 Å². The van der Waals surface area contributed by atoms with Gasteiger partial charge in [0.15, 0.2) is 0 Å². The van der Waals surface area contributed by atoms with E-state index in [1.165, 1.54) is 33.2 Å². The number of benzene rings is 2. The van der Waals surface area contributed by atoms with Gasteiger partial charge in [0.2, 0.25) is 0 Å². The number of hydrogen-bond acceptors (Lipinski definition) is 0. The van der Waals surface area contributed by atoms with Crippen LogP contribution >= 0.6 is 0 Å². The van der Waals surface area contributed by atoms with Crippen molar-refractivity contribution in [3.8, 4) is 0 Å². The second kappa shape index (κ2) is 10.7. The Morgan fingerprint density at radius 1 is 0.815 bits per heavy atom. The van der Waals surface area contributed by atoms with Gasteiger partial charge in [-0.3, -0.25) is 0 Å². The normalized spacial score (nSPS) is 14.9. The highest BCUT2D eigenvalue weighted by molar-refractivity contribution is 6.14. The summed E-state index contributed by atoms with van der Waals surface area (Å²) in [7, 11) is 2.13. The molecule has 0 N–H and O–H groups in total. The summed E-state index contributed by atoms with van der Waals surface area (Å²) >= 11 is 0. The third kappa shape index (κ3) is 4.16. The van der Waals surface area contributed by atoms with Gasteiger partial charge in [-0.05, 0) is 43.7 Å². The Morgan fingerprint density at radius 2 is 1.41 bits per heavy atom. The predicted molar refractivity (Wildman–Crippen MR) is 123 cm³/mol. The van der Waals surface area contributed by atoms with Crippen LogP contribution in [-0.4, -0.2) is 22.0 Å². The first-order valence-corrected chi connectivity index (χ1v) is 10.5. The number of fused-ring (bicyclic) bond motifs is 3. The van der Waals surface area contributed by atoms with E-state index in [1.54, 1.807) is 0 Å². The van der Waals surface area contributed by atoms with Crippen molar-refractivity contribution in [1.82, 2.24) is 4.57 Å². The summed E-state index contributed by atoms with van der Waals surface area (Å²) in [4.78, 5) is 0. The Balaban J connectivity index is 0.000000556. The summed E-state index contributed by atoms with van der Waals surface area (Å²) in [6.07, 6.45) is 4.42. The van der Waals surface area contributed by atoms with E-state index in [9.17, 15) is 0 Å². The molecule has 2 heteroatoms. The van der Waals surface area contributed by atoms with Crippen molar-refractivity contribution in [3.63, 3.8) is 0 Å². The second-order valence-corrected chi connectivity index (χ2v) is 5.92. The lowest BCUT2D eigenvalue weighted by atomic mass is 10.1. The molecule has 27 heavy (non-hydrogen) atoms. The summed E-state index contributed by atoms with van der Waals surface area (Å²) in [6, 6.07) is 15.3. The highest BCUT2D eigenvalue weighted by Crippen LogP contribution is 2.32. The monoisotopic (exact) mass is 365 g/mol. The van der Waals surface area contributed by atoms with E-state index < -0.39 is 0 Å². The van der Waals surface area contributed by atoms with Crippen LogP contribution in [0.5, 0.6) is 0 Å². The van der Waals surface area contributed by atoms with Crippen molar-refractivity contribution in [1.29, 1.82) is 0 Å². The van der Waals surface area contributed by atoms with Crippen molar-refractivity contribution in [2.75, 3.05) is 7.05 Å². The third-order valence-electron chi connectivity index (χ3n) is 4.49. The van der Waals surface area contributed by atoms with E-state index in [-0.39, 0.29) is 0 Å². The molecule has 4 rings (SSSR count). The maximum absolute atomic E-state index is 2.44. The van der Waals surface area contributed by atoms with E-state index in [0.717, 1.165) is 0 Å². The maximum atomic E-state index is 2.44. The Bertz CT molecular complexity index is 926. The largest absolute Gasteiger partial charge is 0.268 e. The Labute approximate surface area is 165 Å².